The quantitative estimate of drug-likeness (QED) is 0.850. The van der Waals surface area contributed by atoms with Gasteiger partial charge in [-0.05, 0) is 43.6 Å². The van der Waals surface area contributed by atoms with Crippen molar-refractivity contribution in [1.29, 1.82) is 0 Å². The van der Waals surface area contributed by atoms with Crippen LogP contribution in [0.5, 0.6) is 0 Å². The summed E-state index contributed by atoms with van der Waals surface area (Å²) in [5.74, 6) is 0.204. The van der Waals surface area contributed by atoms with Gasteiger partial charge in [-0.25, -0.2) is 4.39 Å². The molecule has 0 aliphatic rings. The third-order valence-corrected chi connectivity index (χ3v) is 3.01. The molecular weight excluding hydrogens is 239 g/mol. The second-order valence-electron chi connectivity index (χ2n) is 4.63. The molecule has 0 aliphatic carbocycles. The highest BCUT2D eigenvalue weighted by Gasteiger charge is 2.07. The van der Waals surface area contributed by atoms with Gasteiger partial charge in [0.1, 0.15) is 5.82 Å². The van der Waals surface area contributed by atoms with Gasteiger partial charge in [-0.2, -0.15) is 0 Å². The van der Waals surface area contributed by atoms with E-state index in [1.165, 1.54) is 6.07 Å². The molecule has 0 spiro atoms. The van der Waals surface area contributed by atoms with Crippen LogP contribution in [-0.2, 0) is 6.54 Å². The van der Waals surface area contributed by atoms with Gasteiger partial charge in [0.2, 0.25) is 0 Å². The average Bonchev–Trinajstić information content (AvgIpc) is 2.23. The van der Waals surface area contributed by atoms with E-state index in [0.29, 0.717) is 5.92 Å². The van der Waals surface area contributed by atoms with Crippen LogP contribution < -0.4 is 5.73 Å². The van der Waals surface area contributed by atoms with Gasteiger partial charge in [0, 0.05) is 13.1 Å². The molecule has 0 heterocycles. The highest BCUT2D eigenvalue weighted by molar-refractivity contribution is 6.30. The van der Waals surface area contributed by atoms with E-state index in [2.05, 4.69) is 11.8 Å². The Labute approximate surface area is 108 Å². The summed E-state index contributed by atoms with van der Waals surface area (Å²) >= 11 is 5.74. The molecule has 4 heteroatoms. The van der Waals surface area contributed by atoms with E-state index in [0.717, 1.165) is 31.6 Å². The van der Waals surface area contributed by atoms with Crippen LogP contribution in [0.25, 0.3) is 0 Å². The molecule has 1 atom stereocenters. The third kappa shape index (κ3) is 5.02. The summed E-state index contributed by atoms with van der Waals surface area (Å²) in [6.07, 6.45) is 1.02. The SMILES string of the molecule is CC(CCN)CN(C)Cc1ccc(F)c(Cl)c1. The highest BCUT2D eigenvalue weighted by Crippen LogP contribution is 2.17. The Hall–Kier alpha value is -0.640. The molecule has 0 bridgehead atoms. The van der Waals surface area contributed by atoms with Crippen molar-refractivity contribution in [2.75, 3.05) is 20.1 Å². The van der Waals surface area contributed by atoms with Gasteiger partial charge in [-0.3, -0.25) is 0 Å². The molecule has 0 saturated heterocycles. The predicted molar refractivity (Wildman–Crippen MR) is 70.6 cm³/mol. The number of benzene rings is 1. The second-order valence-corrected chi connectivity index (χ2v) is 5.03. The van der Waals surface area contributed by atoms with Crippen LogP contribution in [0.3, 0.4) is 0 Å². The van der Waals surface area contributed by atoms with E-state index < -0.39 is 0 Å². The van der Waals surface area contributed by atoms with Crippen molar-refractivity contribution in [3.8, 4) is 0 Å². The Kier molecular flexibility index (Phi) is 5.89. The topological polar surface area (TPSA) is 29.3 Å². The Morgan fingerprint density at radius 2 is 2.18 bits per heavy atom. The first-order chi connectivity index (χ1) is 8.02. The number of rotatable bonds is 6. The van der Waals surface area contributed by atoms with Gasteiger partial charge in [0.05, 0.1) is 5.02 Å². The first kappa shape index (κ1) is 14.4. The molecule has 1 rings (SSSR count). The molecule has 96 valence electrons. The Balaban J connectivity index is 2.50. The lowest BCUT2D eigenvalue weighted by Crippen LogP contribution is -2.25. The standard InChI is InChI=1S/C13H20ClFN2/c1-10(5-6-16)8-17(2)9-11-3-4-13(15)12(14)7-11/h3-4,7,10H,5-6,8-9,16H2,1-2H3. The Morgan fingerprint density at radius 3 is 2.76 bits per heavy atom. The van der Waals surface area contributed by atoms with E-state index in [1.54, 1.807) is 12.1 Å². The molecule has 0 aliphatic heterocycles. The van der Waals surface area contributed by atoms with Gasteiger partial charge in [-0.1, -0.05) is 24.6 Å². The maximum atomic E-state index is 13.0. The van der Waals surface area contributed by atoms with E-state index in [4.69, 9.17) is 17.3 Å². The van der Waals surface area contributed by atoms with E-state index in [9.17, 15) is 4.39 Å². The first-order valence-corrected chi connectivity index (χ1v) is 6.23. The summed E-state index contributed by atoms with van der Waals surface area (Å²) in [5, 5.41) is 0.186. The molecule has 0 aromatic heterocycles. The lowest BCUT2D eigenvalue weighted by molar-refractivity contribution is 0.273. The largest absolute Gasteiger partial charge is 0.330 e. The molecule has 17 heavy (non-hydrogen) atoms. The molecule has 0 saturated carbocycles. The number of hydrogen-bond donors (Lipinski definition) is 1. The molecule has 2 nitrogen and oxygen atoms in total. The Bertz CT molecular complexity index is 357. The van der Waals surface area contributed by atoms with Crippen molar-refractivity contribution in [2.24, 2.45) is 11.7 Å². The van der Waals surface area contributed by atoms with E-state index >= 15 is 0 Å². The summed E-state index contributed by atoms with van der Waals surface area (Å²) < 4.78 is 13.0. The normalized spacial score (nSPS) is 13.1. The maximum Gasteiger partial charge on any atom is 0.141 e. The lowest BCUT2D eigenvalue weighted by Gasteiger charge is -2.21. The van der Waals surface area contributed by atoms with E-state index in [1.807, 2.05) is 7.05 Å². The zero-order valence-electron chi connectivity index (χ0n) is 10.4. The van der Waals surface area contributed by atoms with Gasteiger partial charge in [0.15, 0.2) is 0 Å². The summed E-state index contributed by atoms with van der Waals surface area (Å²) in [7, 11) is 2.05. The summed E-state index contributed by atoms with van der Waals surface area (Å²) in [6, 6.07) is 4.86. The Morgan fingerprint density at radius 1 is 1.47 bits per heavy atom. The first-order valence-electron chi connectivity index (χ1n) is 5.85. The minimum absolute atomic E-state index is 0.186. The van der Waals surface area contributed by atoms with Gasteiger partial charge < -0.3 is 10.6 Å². The van der Waals surface area contributed by atoms with Crippen molar-refractivity contribution in [3.63, 3.8) is 0 Å². The van der Waals surface area contributed by atoms with Crippen LogP contribution in [0.4, 0.5) is 4.39 Å². The summed E-state index contributed by atoms with van der Waals surface area (Å²) in [5.41, 5.74) is 6.54. The smallest absolute Gasteiger partial charge is 0.141 e. The minimum atomic E-state index is -0.366. The molecule has 0 amide bonds. The average molecular weight is 259 g/mol. The minimum Gasteiger partial charge on any atom is -0.330 e. The fourth-order valence-corrected chi connectivity index (χ4v) is 2.13. The van der Waals surface area contributed by atoms with Crippen LogP contribution >= 0.6 is 11.6 Å². The number of hydrogen-bond acceptors (Lipinski definition) is 2. The number of nitrogens with zero attached hydrogens (tertiary/aromatic N) is 1. The second kappa shape index (κ2) is 6.94. The number of nitrogens with two attached hydrogens (primary N) is 1. The van der Waals surface area contributed by atoms with Crippen molar-refractivity contribution in [3.05, 3.63) is 34.6 Å². The van der Waals surface area contributed by atoms with Crippen LogP contribution in [-0.4, -0.2) is 25.0 Å². The van der Waals surface area contributed by atoms with Crippen molar-refractivity contribution < 1.29 is 4.39 Å². The maximum absolute atomic E-state index is 13.0. The number of halogens is 2. The van der Waals surface area contributed by atoms with Crippen LogP contribution in [0, 0.1) is 11.7 Å². The zero-order chi connectivity index (χ0) is 12.8. The molecule has 1 aromatic carbocycles. The molecule has 1 unspecified atom stereocenters. The van der Waals surface area contributed by atoms with Crippen molar-refractivity contribution >= 4 is 11.6 Å². The molecule has 0 radical (unpaired) electrons. The molecular formula is C13H20ClFN2. The van der Waals surface area contributed by atoms with Crippen LogP contribution in [0.2, 0.25) is 5.02 Å². The van der Waals surface area contributed by atoms with Gasteiger partial charge >= 0.3 is 0 Å². The third-order valence-electron chi connectivity index (χ3n) is 2.72. The molecule has 2 N–H and O–H groups in total. The fraction of sp³-hybridized carbons (Fsp3) is 0.538. The van der Waals surface area contributed by atoms with Crippen molar-refractivity contribution in [1.82, 2.24) is 4.90 Å². The van der Waals surface area contributed by atoms with Gasteiger partial charge in [-0.15, -0.1) is 0 Å². The van der Waals surface area contributed by atoms with Gasteiger partial charge in [0.25, 0.3) is 0 Å². The lowest BCUT2D eigenvalue weighted by atomic mass is 10.1. The predicted octanol–water partition coefficient (Wildman–Crippen LogP) is 2.90. The summed E-state index contributed by atoms with van der Waals surface area (Å²) in [4.78, 5) is 2.20. The van der Waals surface area contributed by atoms with Crippen LogP contribution in [0.15, 0.2) is 18.2 Å². The zero-order valence-corrected chi connectivity index (χ0v) is 11.2. The van der Waals surface area contributed by atoms with E-state index in [-0.39, 0.29) is 10.8 Å². The summed E-state index contributed by atoms with van der Waals surface area (Å²) in [6.45, 7) is 4.65. The van der Waals surface area contributed by atoms with Crippen molar-refractivity contribution in [2.45, 2.75) is 19.9 Å². The highest BCUT2D eigenvalue weighted by atomic mass is 35.5. The monoisotopic (exact) mass is 258 g/mol. The fourth-order valence-electron chi connectivity index (χ4n) is 1.92. The molecule has 0 fully saturated rings. The molecule has 1 aromatic rings. The van der Waals surface area contributed by atoms with Crippen LogP contribution in [0.1, 0.15) is 18.9 Å².